The van der Waals surface area contributed by atoms with Crippen LogP contribution >= 0.6 is 23.2 Å². The molecule has 6 aromatic carbocycles. The fourth-order valence-corrected chi connectivity index (χ4v) is 7.30. The first kappa shape index (κ1) is 35.8. The molecular weight excluding hydrogens is 737 g/mol. The van der Waals surface area contributed by atoms with Crippen LogP contribution < -0.4 is 4.90 Å². The lowest BCUT2D eigenvalue weighted by atomic mass is 10.00. The van der Waals surface area contributed by atoms with Crippen LogP contribution in [0.4, 0.5) is 14.5 Å². The number of rotatable bonds is 10. The molecule has 0 spiro atoms. The summed E-state index contributed by atoms with van der Waals surface area (Å²) in [5.74, 6) is 0.189. The molecule has 0 saturated carbocycles. The normalized spacial score (nSPS) is 11.3. The maximum atomic E-state index is 14.3. The molecule has 2 aromatic heterocycles. The molecular formula is C46H30Cl2F2N2O3. The molecule has 0 atom stereocenters. The van der Waals surface area contributed by atoms with Gasteiger partial charge in [0.05, 0.1) is 22.5 Å². The van der Waals surface area contributed by atoms with Gasteiger partial charge in [-0.3, -0.25) is 4.79 Å². The van der Waals surface area contributed by atoms with Gasteiger partial charge in [-0.2, -0.15) is 5.26 Å². The molecule has 9 heteroatoms. The molecule has 270 valence electrons. The minimum absolute atomic E-state index is 0.0567. The van der Waals surface area contributed by atoms with Crippen molar-refractivity contribution in [1.82, 2.24) is 0 Å². The van der Waals surface area contributed by atoms with E-state index in [0.29, 0.717) is 46.8 Å². The van der Waals surface area contributed by atoms with E-state index in [1.165, 1.54) is 12.1 Å². The Morgan fingerprint density at radius 1 is 0.636 bits per heavy atom. The third-order valence-corrected chi connectivity index (χ3v) is 10.1. The summed E-state index contributed by atoms with van der Waals surface area (Å²) in [5.41, 5.74) is 7.35. The smallest absolute Gasteiger partial charge is 0.258 e. The molecule has 1 amide bonds. The Kier molecular flexibility index (Phi) is 9.94. The van der Waals surface area contributed by atoms with Crippen LogP contribution in [0.1, 0.15) is 39.4 Å². The van der Waals surface area contributed by atoms with Crippen molar-refractivity contribution >= 4 is 56.7 Å². The monoisotopic (exact) mass is 766 g/mol. The molecule has 0 bridgehead atoms. The van der Waals surface area contributed by atoms with Crippen LogP contribution in [0.2, 0.25) is 10.0 Å². The second kappa shape index (κ2) is 15.3. The number of carbonyl (C=O) groups is 1. The number of hydrogen-bond donors (Lipinski definition) is 0. The van der Waals surface area contributed by atoms with E-state index < -0.39 is 11.6 Å². The number of hydrogen-bond acceptors (Lipinski definition) is 4. The van der Waals surface area contributed by atoms with Gasteiger partial charge >= 0.3 is 0 Å². The average Bonchev–Trinajstić information content (AvgIpc) is 3.81. The van der Waals surface area contributed by atoms with Gasteiger partial charge in [-0.05, 0) is 82.9 Å². The van der Waals surface area contributed by atoms with E-state index in [-0.39, 0.29) is 28.9 Å². The second-order valence-electron chi connectivity index (χ2n) is 13.2. The zero-order valence-electron chi connectivity index (χ0n) is 29.2. The van der Waals surface area contributed by atoms with Gasteiger partial charge in [-0.25, -0.2) is 8.78 Å². The van der Waals surface area contributed by atoms with Crippen molar-refractivity contribution < 1.29 is 22.4 Å². The number of carbonyl (C=O) groups excluding carboxylic acids is 1. The fraction of sp³-hybridized carbons (Fsp3) is 0.0870. The minimum Gasteiger partial charge on any atom is -0.460 e. The van der Waals surface area contributed by atoms with E-state index in [9.17, 15) is 18.8 Å². The molecule has 0 fully saturated rings. The van der Waals surface area contributed by atoms with E-state index in [0.717, 1.165) is 44.2 Å². The summed E-state index contributed by atoms with van der Waals surface area (Å²) in [6.45, 7) is 0.183. The first-order valence-electron chi connectivity index (χ1n) is 17.5. The lowest BCUT2D eigenvalue weighted by molar-refractivity contribution is 0.0987. The molecule has 0 aliphatic carbocycles. The first-order valence-corrected chi connectivity index (χ1v) is 18.3. The molecule has 0 N–H and O–H groups in total. The van der Waals surface area contributed by atoms with Crippen molar-refractivity contribution in [3.63, 3.8) is 0 Å². The lowest BCUT2D eigenvalue weighted by Crippen LogP contribution is -2.31. The maximum Gasteiger partial charge on any atom is 0.258 e. The molecule has 8 rings (SSSR count). The Labute approximate surface area is 325 Å². The standard InChI is InChI=1S/C46H30Cl2F2N2O3/c47-40-22-28(14-16-42(40)49)20-36-26-32-8-3-12-38(44(32)54-36)30-6-1-10-34(24-30)46(53)52(19-5-18-51)35-11-2-7-31(25-35)39-13-4-9-33-27-37(55-45(33)39)21-29-15-17-43(50)41(48)23-29/h1-4,6-17,22-27H,5,19-21H2. The summed E-state index contributed by atoms with van der Waals surface area (Å²) in [5, 5.41) is 11.5. The van der Waals surface area contributed by atoms with Gasteiger partial charge in [-0.1, -0.05) is 96.0 Å². The quantitative estimate of drug-likeness (QED) is 0.139. The van der Waals surface area contributed by atoms with Crippen LogP contribution in [-0.2, 0) is 12.8 Å². The van der Waals surface area contributed by atoms with Crippen LogP contribution in [-0.4, -0.2) is 12.5 Å². The molecule has 0 aliphatic rings. The molecule has 0 radical (unpaired) electrons. The van der Waals surface area contributed by atoms with Crippen LogP contribution in [0.3, 0.4) is 0 Å². The Bertz CT molecular complexity index is 2780. The predicted molar refractivity (Wildman–Crippen MR) is 214 cm³/mol. The van der Waals surface area contributed by atoms with Gasteiger partial charge in [0.1, 0.15) is 34.3 Å². The molecule has 0 saturated heterocycles. The third-order valence-electron chi connectivity index (χ3n) is 9.50. The summed E-state index contributed by atoms with van der Waals surface area (Å²) < 4.78 is 40.2. The van der Waals surface area contributed by atoms with Crippen LogP contribution in [0.5, 0.6) is 0 Å². The summed E-state index contributed by atoms with van der Waals surface area (Å²) >= 11 is 12.0. The molecule has 0 unspecified atom stereocenters. The summed E-state index contributed by atoms with van der Waals surface area (Å²) in [7, 11) is 0. The highest BCUT2D eigenvalue weighted by molar-refractivity contribution is 6.31. The number of fused-ring (bicyclic) bond motifs is 2. The number of nitriles is 1. The maximum absolute atomic E-state index is 14.3. The van der Waals surface area contributed by atoms with E-state index in [2.05, 4.69) is 6.07 Å². The van der Waals surface area contributed by atoms with Gasteiger partial charge in [0.15, 0.2) is 0 Å². The Hall–Kier alpha value is -6.20. The Morgan fingerprint density at radius 2 is 1.16 bits per heavy atom. The molecule has 5 nitrogen and oxygen atoms in total. The number of benzene rings is 6. The highest BCUT2D eigenvalue weighted by atomic mass is 35.5. The largest absolute Gasteiger partial charge is 0.460 e. The highest BCUT2D eigenvalue weighted by Gasteiger charge is 2.21. The lowest BCUT2D eigenvalue weighted by Gasteiger charge is -2.23. The predicted octanol–water partition coefficient (Wildman–Crippen LogP) is 12.8. The summed E-state index contributed by atoms with van der Waals surface area (Å²) in [6.07, 6.45) is 0.999. The van der Waals surface area contributed by atoms with Crippen molar-refractivity contribution in [2.75, 3.05) is 11.4 Å². The third kappa shape index (κ3) is 7.48. The summed E-state index contributed by atoms with van der Waals surface area (Å²) in [6, 6.07) is 42.0. The number of furan rings is 2. The molecule has 8 aromatic rings. The van der Waals surface area contributed by atoms with Crippen LogP contribution in [0, 0.1) is 23.0 Å². The van der Waals surface area contributed by atoms with Crippen molar-refractivity contribution in [3.8, 4) is 28.3 Å². The second-order valence-corrected chi connectivity index (χ2v) is 14.0. The van der Waals surface area contributed by atoms with Gasteiger partial charge in [0, 0.05) is 52.5 Å². The number of nitrogens with zero attached hydrogens (tertiary/aromatic N) is 2. The van der Waals surface area contributed by atoms with Gasteiger partial charge in [0.2, 0.25) is 0 Å². The first-order chi connectivity index (χ1) is 26.7. The minimum atomic E-state index is -0.474. The zero-order chi connectivity index (χ0) is 38.1. The van der Waals surface area contributed by atoms with Crippen molar-refractivity contribution in [3.05, 3.63) is 183 Å². The van der Waals surface area contributed by atoms with E-state index >= 15 is 0 Å². The van der Waals surface area contributed by atoms with Crippen LogP contribution in [0.25, 0.3) is 44.2 Å². The van der Waals surface area contributed by atoms with E-state index in [1.807, 2.05) is 91.0 Å². The SMILES string of the molecule is N#CCCN(C(=O)c1cccc(-c2cccc3cc(Cc4ccc(F)c(Cl)c4)oc23)c1)c1cccc(-c2cccc3cc(Cc4ccc(F)c(Cl)c4)oc23)c1. The number of anilines is 1. The Balaban J connectivity index is 1.09. The fourth-order valence-electron chi connectivity index (χ4n) is 6.89. The number of halogens is 4. The average molecular weight is 768 g/mol. The number of amides is 1. The summed E-state index contributed by atoms with van der Waals surface area (Å²) in [4.78, 5) is 16.0. The van der Waals surface area contributed by atoms with Gasteiger partial charge in [-0.15, -0.1) is 0 Å². The zero-order valence-corrected chi connectivity index (χ0v) is 30.7. The molecule has 2 heterocycles. The van der Waals surface area contributed by atoms with Gasteiger partial charge < -0.3 is 13.7 Å². The topological polar surface area (TPSA) is 70.4 Å². The van der Waals surface area contributed by atoms with Crippen molar-refractivity contribution in [2.45, 2.75) is 19.3 Å². The van der Waals surface area contributed by atoms with Gasteiger partial charge in [0.25, 0.3) is 5.91 Å². The number of para-hydroxylation sites is 2. The van der Waals surface area contributed by atoms with E-state index in [4.69, 9.17) is 32.0 Å². The van der Waals surface area contributed by atoms with Crippen molar-refractivity contribution in [1.29, 1.82) is 5.26 Å². The molecule has 0 aliphatic heterocycles. The molecule has 55 heavy (non-hydrogen) atoms. The highest BCUT2D eigenvalue weighted by Crippen LogP contribution is 2.36. The van der Waals surface area contributed by atoms with Crippen molar-refractivity contribution in [2.24, 2.45) is 0 Å². The Morgan fingerprint density at radius 3 is 1.71 bits per heavy atom. The van der Waals surface area contributed by atoms with Crippen LogP contribution in [0.15, 0.2) is 142 Å². The van der Waals surface area contributed by atoms with E-state index in [1.54, 1.807) is 35.2 Å².